The number of rotatable bonds is 3. The van der Waals surface area contributed by atoms with E-state index in [1.165, 1.54) is 5.56 Å². The van der Waals surface area contributed by atoms with E-state index in [1.54, 1.807) is 7.11 Å². The van der Waals surface area contributed by atoms with Crippen molar-refractivity contribution in [2.75, 3.05) is 14.2 Å². The van der Waals surface area contributed by atoms with Gasteiger partial charge in [0.2, 0.25) is 5.88 Å². The molecule has 1 atom stereocenters. The van der Waals surface area contributed by atoms with E-state index in [0.29, 0.717) is 17.7 Å². The highest BCUT2D eigenvalue weighted by atomic mass is 16.5. The van der Waals surface area contributed by atoms with Crippen molar-refractivity contribution in [2.45, 2.75) is 25.3 Å². The van der Waals surface area contributed by atoms with Gasteiger partial charge < -0.3 is 10.1 Å². The number of methoxy groups -OCH3 is 1. The van der Waals surface area contributed by atoms with Crippen molar-refractivity contribution in [1.82, 2.24) is 20.3 Å². The summed E-state index contributed by atoms with van der Waals surface area (Å²) in [7, 11) is 3.59. The molecule has 0 aromatic carbocycles. The molecule has 1 unspecified atom stereocenters. The summed E-state index contributed by atoms with van der Waals surface area (Å²) in [6, 6.07) is 5.99. The van der Waals surface area contributed by atoms with E-state index in [1.807, 2.05) is 31.4 Å². The summed E-state index contributed by atoms with van der Waals surface area (Å²) in [5, 5.41) is 3.32. The lowest BCUT2D eigenvalue weighted by Crippen LogP contribution is -2.23. The normalized spacial score (nSPS) is 17.6. The summed E-state index contributed by atoms with van der Waals surface area (Å²) in [5.74, 6) is 1.25. The lowest BCUT2D eigenvalue weighted by atomic mass is 9.92. The zero-order valence-electron chi connectivity index (χ0n) is 11.8. The van der Waals surface area contributed by atoms with E-state index >= 15 is 0 Å². The second-order valence-electron chi connectivity index (χ2n) is 4.89. The largest absolute Gasteiger partial charge is 0.481 e. The fraction of sp³-hybridized carbons (Fsp3) is 0.400. The summed E-state index contributed by atoms with van der Waals surface area (Å²) in [6.45, 7) is 0. The van der Waals surface area contributed by atoms with Gasteiger partial charge in [-0.3, -0.25) is 0 Å². The van der Waals surface area contributed by atoms with Gasteiger partial charge in [-0.2, -0.15) is 0 Å². The van der Waals surface area contributed by atoms with Crippen LogP contribution in [-0.4, -0.2) is 29.1 Å². The number of aromatic nitrogens is 3. The van der Waals surface area contributed by atoms with E-state index in [-0.39, 0.29) is 0 Å². The summed E-state index contributed by atoms with van der Waals surface area (Å²) in [6.07, 6.45) is 5.23. The first kappa shape index (κ1) is 13.0. The van der Waals surface area contributed by atoms with Crippen LogP contribution in [0.4, 0.5) is 0 Å². The average molecular weight is 270 g/mol. The molecular weight excluding hydrogens is 252 g/mol. The Hall–Kier alpha value is -2.01. The number of nitrogens with zero attached hydrogens (tertiary/aromatic N) is 3. The molecule has 104 valence electrons. The molecule has 0 spiro atoms. The van der Waals surface area contributed by atoms with Crippen LogP contribution in [0, 0.1) is 0 Å². The van der Waals surface area contributed by atoms with Crippen LogP contribution in [0.3, 0.4) is 0 Å². The number of ether oxygens (including phenoxy) is 1. The summed E-state index contributed by atoms with van der Waals surface area (Å²) < 4.78 is 5.15. The molecule has 0 aliphatic heterocycles. The second kappa shape index (κ2) is 5.54. The highest BCUT2D eigenvalue weighted by Gasteiger charge is 2.21. The molecule has 5 heteroatoms. The van der Waals surface area contributed by atoms with Gasteiger partial charge in [0.15, 0.2) is 5.82 Å². The molecule has 1 N–H and O–H groups in total. The van der Waals surface area contributed by atoms with Crippen LogP contribution >= 0.6 is 0 Å². The van der Waals surface area contributed by atoms with Gasteiger partial charge in [0.25, 0.3) is 0 Å². The monoisotopic (exact) mass is 270 g/mol. The number of fused-ring (bicyclic) bond motifs is 1. The van der Waals surface area contributed by atoms with Gasteiger partial charge in [0.05, 0.1) is 7.11 Å². The third-order valence-electron chi connectivity index (χ3n) is 3.69. The van der Waals surface area contributed by atoms with E-state index < -0.39 is 0 Å². The van der Waals surface area contributed by atoms with Crippen molar-refractivity contribution < 1.29 is 4.74 Å². The first-order chi connectivity index (χ1) is 9.81. The molecule has 2 aromatic rings. The maximum absolute atomic E-state index is 5.15. The molecule has 5 nitrogen and oxygen atoms in total. The van der Waals surface area contributed by atoms with E-state index in [9.17, 15) is 0 Å². The molecule has 0 bridgehead atoms. The number of pyridine rings is 1. The quantitative estimate of drug-likeness (QED) is 0.926. The smallest absolute Gasteiger partial charge is 0.213 e. The number of nitrogens with one attached hydrogen (secondary N) is 1. The first-order valence-electron chi connectivity index (χ1n) is 6.86. The highest BCUT2D eigenvalue weighted by Crippen LogP contribution is 2.29. The Kier molecular flexibility index (Phi) is 3.60. The Balaban J connectivity index is 1.99. The van der Waals surface area contributed by atoms with Crippen LogP contribution in [-0.2, 0) is 6.42 Å². The number of hydrogen-bond acceptors (Lipinski definition) is 5. The lowest BCUT2D eigenvalue weighted by molar-refractivity contribution is 0.398. The molecule has 0 saturated carbocycles. The molecule has 0 amide bonds. The Morgan fingerprint density at radius 3 is 3.00 bits per heavy atom. The van der Waals surface area contributed by atoms with Crippen molar-refractivity contribution in [3.05, 3.63) is 35.7 Å². The Labute approximate surface area is 118 Å². The predicted octanol–water partition coefficient (Wildman–Crippen LogP) is 2.14. The molecule has 3 rings (SSSR count). The fourth-order valence-corrected chi connectivity index (χ4v) is 2.62. The topological polar surface area (TPSA) is 59.9 Å². The maximum Gasteiger partial charge on any atom is 0.213 e. The van der Waals surface area contributed by atoms with Crippen molar-refractivity contribution in [1.29, 1.82) is 0 Å². The first-order valence-corrected chi connectivity index (χ1v) is 6.86. The minimum absolute atomic E-state index is 0.367. The van der Waals surface area contributed by atoms with Crippen LogP contribution in [0.1, 0.15) is 30.1 Å². The van der Waals surface area contributed by atoms with Crippen LogP contribution in [0.2, 0.25) is 0 Å². The fourth-order valence-electron chi connectivity index (χ4n) is 2.62. The van der Waals surface area contributed by atoms with Gasteiger partial charge in [-0.25, -0.2) is 15.0 Å². The average Bonchev–Trinajstić information content (AvgIpc) is 2.53. The minimum Gasteiger partial charge on any atom is -0.481 e. The third-order valence-corrected chi connectivity index (χ3v) is 3.69. The van der Waals surface area contributed by atoms with Gasteiger partial charge in [0, 0.05) is 29.6 Å². The standard InChI is InChI=1S/C15H18N4O/c1-16-11-5-3-6-12-10(11)9-17-15(19-12)13-7-4-8-14(18-13)20-2/h4,7-9,11,16H,3,5-6H2,1-2H3. The van der Waals surface area contributed by atoms with Gasteiger partial charge in [0.1, 0.15) is 5.69 Å². The summed E-state index contributed by atoms with van der Waals surface area (Å²) in [4.78, 5) is 13.5. The van der Waals surface area contributed by atoms with Gasteiger partial charge in [-0.1, -0.05) is 6.07 Å². The number of aryl methyl sites for hydroxylation is 1. The minimum atomic E-state index is 0.367. The van der Waals surface area contributed by atoms with Gasteiger partial charge in [-0.15, -0.1) is 0 Å². The molecule has 2 aromatic heterocycles. The molecule has 20 heavy (non-hydrogen) atoms. The van der Waals surface area contributed by atoms with Crippen LogP contribution < -0.4 is 10.1 Å². The predicted molar refractivity (Wildman–Crippen MR) is 76.6 cm³/mol. The van der Waals surface area contributed by atoms with E-state index in [4.69, 9.17) is 4.74 Å². The Bertz CT molecular complexity index is 615. The SMILES string of the molecule is CNC1CCCc2nc(-c3cccc(OC)n3)ncc21. The molecule has 0 saturated heterocycles. The summed E-state index contributed by atoms with van der Waals surface area (Å²) in [5.41, 5.74) is 3.09. The maximum atomic E-state index is 5.15. The highest BCUT2D eigenvalue weighted by molar-refractivity contribution is 5.50. The lowest BCUT2D eigenvalue weighted by Gasteiger charge is -2.24. The van der Waals surface area contributed by atoms with E-state index in [0.717, 1.165) is 30.7 Å². The van der Waals surface area contributed by atoms with Crippen LogP contribution in [0.5, 0.6) is 5.88 Å². The Morgan fingerprint density at radius 1 is 1.30 bits per heavy atom. The van der Waals surface area contributed by atoms with E-state index in [2.05, 4.69) is 20.3 Å². The van der Waals surface area contributed by atoms with Crippen molar-refractivity contribution in [3.8, 4) is 17.4 Å². The molecular formula is C15H18N4O. The van der Waals surface area contributed by atoms with Crippen LogP contribution in [0.25, 0.3) is 11.5 Å². The van der Waals surface area contributed by atoms with Gasteiger partial charge >= 0.3 is 0 Å². The molecule has 1 aliphatic rings. The van der Waals surface area contributed by atoms with Crippen molar-refractivity contribution in [2.24, 2.45) is 0 Å². The molecule has 0 fully saturated rings. The zero-order valence-corrected chi connectivity index (χ0v) is 11.8. The van der Waals surface area contributed by atoms with Crippen molar-refractivity contribution >= 4 is 0 Å². The molecule has 2 heterocycles. The van der Waals surface area contributed by atoms with Gasteiger partial charge in [-0.05, 0) is 32.4 Å². The molecule has 1 aliphatic carbocycles. The van der Waals surface area contributed by atoms with Crippen LogP contribution in [0.15, 0.2) is 24.4 Å². The van der Waals surface area contributed by atoms with Crippen molar-refractivity contribution in [3.63, 3.8) is 0 Å². The second-order valence-corrected chi connectivity index (χ2v) is 4.89. The number of hydrogen-bond donors (Lipinski definition) is 1. The summed E-state index contributed by atoms with van der Waals surface area (Å²) >= 11 is 0. The zero-order chi connectivity index (χ0) is 13.9. The molecule has 0 radical (unpaired) electrons. The third kappa shape index (κ3) is 2.36. The Morgan fingerprint density at radius 2 is 2.20 bits per heavy atom.